The van der Waals surface area contributed by atoms with Crippen LogP contribution < -0.4 is 0 Å². The van der Waals surface area contributed by atoms with Crippen LogP contribution in [0.25, 0.3) is 0 Å². The van der Waals surface area contributed by atoms with E-state index in [1.807, 2.05) is 6.92 Å². The SMILES string of the molecule is CC(=O)O[C@H]1CC[C@@]2(C)C(=CCC3[C@@H]2CC[C@]2(C)C(OS(=O)(=O)C(F)(F)F)=CC[C@@H]32)C1. The van der Waals surface area contributed by atoms with Crippen molar-refractivity contribution in [2.45, 2.75) is 77.3 Å². The summed E-state index contributed by atoms with van der Waals surface area (Å²) in [5.41, 5.74) is -4.86. The third-order valence-corrected chi connectivity index (χ3v) is 9.35. The van der Waals surface area contributed by atoms with E-state index >= 15 is 0 Å². The average Bonchev–Trinajstić information content (AvgIpc) is 2.96. The summed E-state index contributed by atoms with van der Waals surface area (Å²) in [6.07, 6.45) is 8.84. The Morgan fingerprint density at radius 2 is 1.74 bits per heavy atom. The van der Waals surface area contributed by atoms with Gasteiger partial charge in [-0.25, -0.2) is 0 Å². The van der Waals surface area contributed by atoms with Crippen LogP contribution in [0.15, 0.2) is 23.5 Å². The first-order valence-electron chi connectivity index (χ1n) is 10.9. The fourth-order valence-electron chi connectivity index (χ4n) is 6.79. The monoisotopic (exact) mass is 462 g/mol. The first-order valence-corrected chi connectivity index (χ1v) is 12.3. The van der Waals surface area contributed by atoms with E-state index in [1.165, 1.54) is 12.5 Å². The fraction of sp³-hybridized carbons (Fsp3) is 0.773. The second kappa shape index (κ2) is 7.25. The number of allylic oxidation sites excluding steroid dienone is 3. The summed E-state index contributed by atoms with van der Waals surface area (Å²) in [6, 6.07) is 0. The van der Waals surface area contributed by atoms with Crippen LogP contribution in [0.4, 0.5) is 13.2 Å². The van der Waals surface area contributed by atoms with Crippen molar-refractivity contribution in [1.82, 2.24) is 0 Å². The molecule has 0 aromatic rings. The summed E-state index contributed by atoms with van der Waals surface area (Å²) in [7, 11) is -5.67. The number of ether oxygens (including phenoxy) is 1. The normalized spacial score (nSPS) is 40.1. The number of alkyl halides is 3. The van der Waals surface area contributed by atoms with Gasteiger partial charge in [0.1, 0.15) is 11.9 Å². The van der Waals surface area contributed by atoms with E-state index in [0.717, 1.165) is 32.1 Å². The van der Waals surface area contributed by atoms with E-state index in [0.29, 0.717) is 18.8 Å². The summed E-state index contributed by atoms with van der Waals surface area (Å²) in [5.74, 6) is 0.353. The van der Waals surface area contributed by atoms with Crippen molar-refractivity contribution in [2.75, 3.05) is 0 Å². The van der Waals surface area contributed by atoms with Gasteiger partial charge in [-0.05, 0) is 67.8 Å². The Labute approximate surface area is 181 Å². The summed E-state index contributed by atoms with van der Waals surface area (Å²) in [5, 5.41) is 0. The predicted molar refractivity (Wildman–Crippen MR) is 107 cm³/mol. The van der Waals surface area contributed by atoms with E-state index in [9.17, 15) is 26.4 Å². The topological polar surface area (TPSA) is 69.7 Å². The molecule has 0 N–H and O–H groups in total. The molecule has 0 amide bonds. The minimum absolute atomic E-state index is 0.0252. The Morgan fingerprint density at radius 1 is 1.06 bits per heavy atom. The molecule has 0 radical (unpaired) electrons. The molecule has 6 atom stereocenters. The lowest BCUT2D eigenvalue weighted by Gasteiger charge is -2.57. The van der Waals surface area contributed by atoms with E-state index in [1.54, 1.807) is 6.08 Å². The van der Waals surface area contributed by atoms with Crippen LogP contribution in [0.1, 0.15) is 65.7 Å². The van der Waals surface area contributed by atoms with Crippen molar-refractivity contribution in [3.8, 4) is 0 Å². The average molecular weight is 463 g/mol. The maximum absolute atomic E-state index is 12.9. The van der Waals surface area contributed by atoms with Gasteiger partial charge >= 0.3 is 21.6 Å². The standard InChI is InChI=1S/C22H29F3O5S/c1-13(26)29-15-8-10-20(2)14(12-15)4-5-16-17-6-7-19(21(17,3)11-9-18(16)20)30-31(27,28)22(23,24)25/h4,7,15-18H,5-6,8-12H2,1-3H3/t15-,16?,17-,18-,20-,21-/m0/s1. The molecule has 2 fully saturated rings. The molecule has 9 heteroatoms. The van der Waals surface area contributed by atoms with Gasteiger partial charge in [0.05, 0.1) is 0 Å². The number of carbonyl (C=O) groups excluding carboxylic acids is 1. The van der Waals surface area contributed by atoms with Gasteiger partial charge in [-0.15, -0.1) is 0 Å². The van der Waals surface area contributed by atoms with Gasteiger partial charge < -0.3 is 8.92 Å². The molecule has 0 heterocycles. The van der Waals surface area contributed by atoms with Gasteiger partial charge in [0, 0.05) is 18.8 Å². The molecule has 1 unspecified atom stereocenters. The van der Waals surface area contributed by atoms with Crippen LogP contribution >= 0.6 is 0 Å². The molecule has 0 bridgehead atoms. The number of fused-ring (bicyclic) bond motifs is 5. The Morgan fingerprint density at radius 3 is 2.39 bits per heavy atom. The summed E-state index contributed by atoms with van der Waals surface area (Å²) >= 11 is 0. The molecule has 5 nitrogen and oxygen atoms in total. The number of esters is 1. The van der Waals surface area contributed by atoms with Crippen LogP contribution in [0.2, 0.25) is 0 Å². The van der Waals surface area contributed by atoms with Crippen molar-refractivity contribution >= 4 is 16.1 Å². The molecule has 0 spiro atoms. The molecule has 4 aliphatic rings. The first kappa shape index (κ1) is 22.7. The van der Waals surface area contributed by atoms with Crippen LogP contribution in [0.3, 0.4) is 0 Å². The Balaban J connectivity index is 1.55. The summed E-state index contributed by atoms with van der Waals surface area (Å²) < 4.78 is 71.9. The van der Waals surface area contributed by atoms with E-state index in [-0.39, 0.29) is 35.1 Å². The highest BCUT2D eigenvalue weighted by molar-refractivity contribution is 7.87. The van der Waals surface area contributed by atoms with Crippen LogP contribution in [0.5, 0.6) is 0 Å². The highest BCUT2D eigenvalue weighted by atomic mass is 32.2. The van der Waals surface area contributed by atoms with E-state index in [4.69, 9.17) is 4.74 Å². The molecule has 174 valence electrons. The molecular formula is C22H29F3O5S. The smallest absolute Gasteiger partial charge is 0.462 e. The summed E-state index contributed by atoms with van der Waals surface area (Å²) in [4.78, 5) is 11.4. The number of rotatable bonds is 3. The molecule has 31 heavy (non-hydrogen) atoms. The number of halogens is 3. The Bertz CT molecular complexity index is 937. The fourth-order valence-corrected chi connectivity index (χ4v) is 7.37. The second-order valence-electron chi connectivity index (χ2n) is 9.98. The quantitative estimate of drug-likeness (QED) is 0.248. The zero-order valence-corrected chi connectivity index (χ0v) is 18.8. The maximum Gasteiger partial charge on any atom is 0.534 e. The Kier molecular flexibility index (Phi) is 5.30. The highest BCUT2D eigenvalue weighted by Gasteiger charge is 2.59. The van der Waals surface area contributed by atoms with Crippen LogP contribution in [-0.2, 0) is 23.8 Å². The zero-order chi connectivity index (χ0) is 22.8. The zero-order valence-electron chi connectivity index (χ0n) is 18.0. The van der Waals surface area contributed by atoms with Crippen molar-refractivity contribution < 1.29 is 35.3 Å². The highest BCUT2D eigenvalue weighted by Crippen LogP contribution is 2.65. The lowest BCUT2D eigenvalue weighted by molar-refractivity contribution is -0.148. The number of carbonyl (C=O) groups is 1. The molecule has 0 aromatic heterocycles. The van der Waals surface area contributed by atoms with Gasteiger partial charge in [0.25, 0.3) is 0 Å². The lowest BCUT2D eigenvalue weighted by atomic mass is 9.48. The molecule has 4 rings (SSSR count). The largest absolute Gasteiger partial charge is 0.534 e. The third kappa shape index (κ3) is 3.60. The molecule has 0 saturated heterocycles. The van der Waals surface area contributed by atoms with Crippen LogP contribution in [-0.4, -0.2) is 26.0 Å². The van der Waals surface area contributed by atoms with Crippen molar-refractivity contribution in [2.24, 2.45) is 28.6 Å². The van der Waals surface area contributed by atoms with Gasteiger partial charge in [-0.1, -0.05) is 25.5 Å². The van der Waals surface area contributed by atoms with Crippen molar-refractivity contribution in [1.29, 1.82) is 0 Å². The molecular weight excluding hydrogens is 433 g/mol. The van der Waals surface area contributed by atoms with Gasteiger partial charge in [0.15, 0.2) is 0 Å². The van der Waals surface area contributed by atoms with Crippen molar-refractivity contribution in [3.05, 3.63) is 23.5 Å². The Hall–Kier alpha value is -1.51. The number of hydrogen-bond donors (Lipinski definition) is 0. The maximum atomic E-state index is 12.9. The molecule has 2 saturated carbocycles. The van der Waals surface area contributed by atoms with E-state index < -0.39 is 21.0 Å². The third-order valence-electron chi connectivity index (χ3n) is 8.38. The first-order chi connectivity index (χ1) is 14.3. The lowest BCUT2D eigenvalue weighted by Crippen LogP contribution is -2.50. The predicted octanol–water partition coefficient (Wildman–Crippen LogP) is 5.24. The van der Waals surface area contributed by atoms with E-state index in [2.05, 4.69) is 17.2 Å². The second-order valence-corrected chi connectivity index (χ2v) is 11.5. The van der Waals surface area contributed by atoms with Gasteiger partial charge in [-0.3, -0.25) is 4.79 Å². The van der Waals surface area contributed by atoms with Crippen LogP contribution in [0, 0.1) is 28.6 Å². The molecule has 0 aromatic carbocycles. The van der Waals surface area contributed by atoms with Gasteiger partial charge in [0.2, 0.25) is 0 Å². The molecule has 4 aliphatic carbocycles. The van der Waals surface area contributed by atoms with Gasteiger partial charge in [-0.2, -0.15) is 21.6 Å². The van der Waals surface area contributed by atoms with Crippen molar-refractivity contribution in [3.63, 3.8) is 0 Å². The number of hydrogen-bond acceptors (Lipinski definition) is 5. The minimum atomic E-state index is -5.67. The summed E-state index contributed by atoms with van der Waals surface area (Å²) in [6.45, 7) is 5.53. The minimum Gasteiger partial charge on any atom is -0.462 e. The molecule has 0 aliphatic heterocycles.